The number of hydrogen-bond donors (Lipinski definition) is 2. The molecule has 3 amide bonds. The van der Waals surface area contributed by atoms with Crippen LogP contribution < -0.4 is 15.5 Å². The van der Waals surface area contributed by atoms with Gasteiger partial charge in [0.25, 0.3) is 5.91 Å². The number of aromatic nitrogens is 3. The van der Waals surface area contributed by atoms with Crippen LogP contribution in [0.4, 0.5) is 22.1 Å². The van der Waals surface area contributed by atoms with Gasteiger partial charge >= 0.3 is 6.03 Å². The molecule has 218 valence electrons. The minimum Gasteiger partial charge on any atom is -0.353 e. The van der Waals surface area contributed by atoms with Crippen molar-refractivity contribution in [3.05, 3.63) is 94.8 Å². The lowest BCUT2D eigenvalue weighted by Crippen LogP contribution is -2.49. The van der Waals surface area contributed by atoms with Gasteiger partial charge in [0.2, 0.25) is 0 Å². The number of carbonyl (C=O) groups excluding carboxylic acids is 2. The number of nitrogens with zero attached hydrogens (tertiary/aromatic N) is 5. The third-order valence-corrected chi connectivity index (χ3v) is 7.47. The third kappa shape index (κ3) is 6.46. The summed E-state index contributed by atoms with van der Waals surface area (Å²) in [6, 6.07) is 21.1. The first kappa shape index (κ1) is 28.9. The predicted octanol–water partition coefficient (Wildman–Crippen LogP) is 6.10. The fraction of sp³-hybridized carbons (Fsp3) is 0.333. The van der Waals surface area contributed by atoms with E-state index in [2.05, 4.69) is 36.3 Å². The summed E-state index contributed by atoms with van der Waals surface area (Å²) in [6.45, 7) is 14.8. The van der Waals surface area contributed by atoms with Crippen molar-refractivity contribution >= 4 is 29.3 Å². The zero-order valence-electron chi connectivity index (χ0n) is 25.2. The highest BCUT2D eigenvalue weighted by atomic mass is 16.2. The molecule has 1 saturated heterocycles. The van der Waals surface area contributed by atoms with Crippen molar-refractivity contribution in [3.63, 3.8) is 0 Å². The van der Waals surface area contributed by atoms with E-state index in [9.17, 15) is 9.59 Å². The Bertz CT molecular complexity index is 1590. The Kier molecular flexibility index (Phi) is 8.02. The van der Waals surface area contributed by atoms with Crippen molar-refractivity contribution in [1.29, 1.82) is 0 Å². The number of hydrogen-bond acceptors (Lipinski definition) is 5. The topological polar surface area (TPSA) is 95.4 Å². The molecule has 0 aliphatic carbocycles. The Morgan fingerprint density at radius 3 is 2.17 bits per heavy atom. The quantitative estimate of drug-likeness (QED) is 0.305. The molecule has 0 bridgehead atoms. The van der Waals surface area contributed by atoms with Crippen LogP contribution in [0.15, 0.2) is 66.7 Å². The summed E-state index contributed by atoms with van der Waals surface area (Å²) in [7, 11) is 0. The van der Waals surface area contributed by atoms with Crippen LogP contribution in [0.1, 0.15) is 53.6 Å². The van der Waals surface area contributed by atoms with Gasteiger partial charge in [0.05, 0.1) is 22.8 Å². The van der Waals surface area contributed by atoms with Gasteiger partial charge in [-0.25, -0.2) is 14.5 Å². The Morgan fingerprint density at radius 2 is 1.52 bits per heavy atom. The molecule has 42 heavy (non-hydrogen) atoms. The van der Waals surface area contributed by atoms with E-state index in [1.165, 1.54) is 0 Å². The molecular weight excluding hydrogens is 526 g/mol. The zero-order chi connectivity index (χ0) is 30.0. The van der Waals surface area contributed by atoms with Crippen LogP contribution in [0, 0.1) is 20.8 Å². The fourth-order valence-corrected chi connectivity index (χ4v) is 4.94. The average molecular weight is 566 g/mol. The van der Waals surface area contributed by atoms with E-state index in [1.54, 1.807) is 4.68 Å². The van der Waals surface area contributed by atoms with E-state index in [-0.39, 0.29) is 17.4 Å². The van der Waals surface area contributed by atoms with Gasteiger partial charge in [-0.05, 0) is 57.2 Å². The minimum absolute atomic E-state index is 0.0615. The van der Waals surface area contributed by atoms with Crippen LogP contribution in [0.2, 0.25) is 0 Å². The number of rotatable bonds is 5. The molecule has 0 unspecified atom stereocenters. The molecule has 9 heteroatoms. The lowest BCUT2D eigenvalue weighted by molar-refractivity contribution is 0.0746. The lowest BCUT2D eigenvalue weighted by Gasteiger charge is -2.35. The maximum absolute atomic E-state index is 13.1. The van der Waals surface area contributed by atoms with Crippen LogP contribution in [-0.4, -0.2) is 57.8 Å². The normalized spacial score (nSPS) is 13.7. The molecule has 4 aromatic rings. The lowest BCUT2D eigenvalue weighted by atomic mass is 9.92. The SMILES string of the molecule is Cc1ccc(-n2nc(C(C)(C)C)cc2NC(=O)Nc2ccc(N3CCN(C(=O)c4cccc(C)c4)CC3)nc2C)cc1. The molecule has 2 aromatic heterocycles. The maximum atomic E-state index is 13.1. The van der Waals surface area contributed by atoms with Crippen molar-refractivity contribution in [3.8, 4) is 5.69 Å². The summed E-state index contributed by atoms with van der Waals surface area (Å²) in [5.41, 5.74) is 5.85. The number of benzene rings is 2. The minimum atomic E-state index is -0.371. The molecule has 0 saturated carbocycles. The molecule has 1 fully saturated rings. The standard InChI is InChI=1S/C33H39N7O2/c1-22-10-12-26(13-11-22)40-30(21-28(37-40)33(4,5)6)36-32(42)35-27-14-15-29(34-24(27)3)38-16-18-39(19-17-38)31(41)25-9-7-8-23(2)20-25/h7-15,20-21H,16-19H2,1-6H3,(H2,35,36,42). The summed E-state index contributed by atoms with van der Waals surface area (Å²) in [4.78, 5) is 34.9. The van der Waals surface area contributed by atoms with Gasteiger partial charge in [0, 0.05) is 43.2 Å². The molecular formula is C33H39N7O2. The third-order valence-electron chi connectivity index (χ3n) is 7.47. The van der Waals surface area contributed by atoms with Crippen molar-refractivity contribution in [2.75, 3.05) is 41.7 Å². The number of anilines is 3. The van der Waals surface area contributed by atoms with Crippen LogP contribution in [0.5, 0.6) is 0 Å². The number of urea groups is 1. The highest BCUT2D eigenvalue weighted by Crippen LogP contribution is 2.27. The average Bonchev–Trinajstić information content (AvgIpc) is 3.38. The van der Waals surface area contributed by atoms with Crippen molar-refractivity contribution in [2.45, 2.75) is 47.0 Å². The van der Waals surface area contributed by atoms with Gasteiger partial charge in [-0.1, -0.05) is 56.2 Å². The first-order valence-corrected chi connectivity index (χ1v) is 14.3. The van der Waals surface area contributed by atoms with Gasteiger partial charge in [0.1, 0.15) is 11.6 Å². The largest absolute Gasteiger partial charge is 0.353 e. The van der Waals surface area contributed by atoms with E-state index in [4.69, 9.17) is 10.1 Å². The molecule has 5 rings (SSSR count). The second-order valence-electron chi connectivity index (χ2n) is 11.9. The first-order chi connectivity index (χ1) is 20.0. The first-order valence-electron chi connectivity index (χ1n) is 14.3. The van der Waals surface area contributed by atoms with Gasteiger partial charge in [-0.2, -0.15) is 5.10 Å². The number of carbonyl (C=O) groups is 2. The molecule has 1 aliphatic rings. The second-order valence-corrected chi connectivity index (χ2v) is 11.9. The van der Waals surface area contributed by atoms with Gasteiger partial charge in [-0.3, -0.25) is 10.1 Å². The Hall–Kier alpha value is -4.66. The molecule has 0 spiro atoms. The van der Waals surface area contributed by atoms with Crippen molar-refractivity contribution in [1.82, 2.24) is 19.7 Å². The number of piperazine rings is 1. The molecule has 3 heterocycles. The van der Waals surface area contributed by atoms with E-state index in [0.717, 1.165) is 33.9 Å². The number of pyridine rings is 1. The summed E-state index contributed by atoms with van der Waals surface area (Å²) in [5, 5.41) is 10.7. The highest BCUT2D eigenvalue weighted by molar-refractivity contribution is 6.00. The maximum Gasteiger partial charge on any atom is 0.324 e. The Morgan fingerprint density at radius 1 is 0.810 bits per heavy atom. The molecule has 9 nitrogen and oxygen atoms in total. The Labute approximate surface area is 247 Å². The molecule has 2 aromatic carbocycles. The summed E-state index contributed by atoms with van der Waals surface area (Å²) < 4.78 is 1.76. The van der Waals surface area contributed by atoms with E-state index < -0.39 is 0 Å². The highest BCUT2D eigenvalue weighted by Gasteiger charge is 2.24. The summed E-state index contributed by atoms with van der Waals surface area (Å²) in [6.07, 6.45) is 0. The van der Waals surface area contributed by atoms with E-state index >= 15 is 0 Å². The number of amides is 3. The van der Waals surface area contributed by atoms with E-state index in [1.807, 2.05) is 92.4 Å². The summed E-state index contributed by atoms with van der Waals surface area (Å²) in [5.74, 6) is 1.47. The van der Waals surface area contributed by atoms with Crippen molar-refractivity contribution in [2.24, 2.45) is 0 Å². The second kappa shape index (κ2) is 11.7. The van der Waals surface area contributed by atoms with Crippen LogP contribution in [-0.2, 0) is 5.41 Å². The number of nitrogens with one attached hydrogen (secondary N) is 2. The van der Waals surface area contributed by atoms with Gasteiger partial charge in [-0.15, -0.1) is 0 Å². The molecule has 0 radical (unpaired) electrons. The van der Waals surface area contributed by atoms with E-state index in [0.29, 0.717) is 43.4 Å². The summed E-state index contributed by atoms with van der Waals surface area (Å²) >= 11 is 0. The van der Waals surface area contributed by atoms with Crippen LogP contribution >= 0.6 is 0 Å². The van der Waals surface area contributed by atoms with Gasteiger partial charge < -0.3 is 15.1 Å². The van der Waals surface area contributed by atoms with Crippen LogP contribution in [0.3, 0.4) is 0 Å². The zero-order valence-corrected chi connectivity index (χ0v) is 25.2. The molecule has 2 N–H and O–H groups in total. The Balaban J connectivity index is 1.24. The van der Waals surface area contributed by atoms with Gasteiger partial charge in [0.15, 0.2) is 0 Å². The van der Waals surface area contributed by atoms with Crippen LogP contribution in [0.25, 0.3) is 5.69 Å². The predicted molar refractivity (Wildman–Crippen MR) is 168 cm³/mol. The smallest absolute Gasteiger partial charge is 0.324 e. The van der Waals surface area contributed by atoms with Crippen molar-refractivity contribution < 1.29 is 9.59 Å². The fourth-order valence-electron chi connectivity index (χ4n) is 4.94. The monoisotopic (exact) mass is 565 g/mol. The molecule has 1 aliphatic heterocycles. The number of aryl methyl sites for hydroxylation is 3. The molecule has 0 atom stereocenters.